The predicted molar refractivity (Wildman–Crippen MR) is 70.8 cm³/mol. The van der Waals surface area contributed by atoms with Crippen molar-refractivity contribution in [2.45, 2.75) is 57.2 Å². The summed E-state index contributed by atoms with van der Waals surface area (Å²) in [7, 11) is -5.69. The zero-order valence-electron chi connectivity index (χ0n) is 13.7. The molecule has 0 bridgehead atoms. The van der Waals surface area contributed by atoms with E-state index in [-0.39, 0.29) is 0 Å². The van der Waals surface area contributed by atoms with Crippen LogP contribution in [0.25, 0.3) is 0 Å². The standard InChI is InChI=1S/C12H19F9O3Si/c1-4-22-25(23-5-2,24-6-3)12(20,21)11(18,19)9(13,14)7-8-10(15,16)17/h4-8H2,1-3H3. The largest absolute Gasteiger partial charge is 0.582 e. The quantitative estimate of drug-likeness (QED) is 0.361. The lowest BCUT2D eigenvalue weighted by Crippen LogP contribution is -2.72. The molecule has 0 aromatic carbocycles. The SMILES string of the molecule is CCO[Si](OCC)(OCC)C(F)(F)C(F)(F)C(F)(F)CCC(F)(F)F. The summed E-state index contributed by atoms with van der Waals surface area (Å²) in [6.45, 7) is 1.51. The average molecular weight is 410 g/mol. The minimum Gasteiger partial charge on any atom is -0.370 e. The first-order valence-electron chi connectivity index (χ1n) is 7.26. The number of rotatable bonds is 11. The lowest BCUT2D eigenvalue weighted by atomic mass is 10.1. The van der Waals surface area contributed by atoms with Crippen LogP contribution in [0.3, 0.4) is 0 Å². The zero-order valence-corrected chi connectivity index (χ0v) is 14.7. The molecular weight excluding hydrogens is 391 g/mol. The minimum atomic E-state index is -6.18. The van der Waals surface area contributed by atoms with Gasteiger partial charge in [0.15, 0.2) is 0 Å². The molecule has 0 unspecified atom stereocenters. The first-order chi connectivity index (χ1) is 11.1. The fraction of sp³-hybridized carbons (Fsp3) is 1.00. The van der Waals surface area contributed by atoms with Gasteiger partial charge < -0.3 is 13.3 Å². The summed E-state index contributed by atoms with van der Waals surface area (Å²) < 4.78 is 133. The molecule has 25 heavy (non-hydrogen) atoms. The van der Waals surface area contributed by atoms with Gasteiger partial charge in [0.05, 0.1) is 0 Å². The van der Waals surface area contributed by atoms with E-state index < -0.39 is 65.0 Å². The van der Waals surface area contributed by atoms with E-state index in [1.165, 1.54) is 0 Å². The topological polar surface area (TPSA) is 27.7 Å². The van der Waals surface area contributed by atoms with Crippen LogP contribution < -0.4 is 0 Å². The summed E-state index contributed by atoms with van der Waals surface area (Å²) in [6.07, 6.45) is -10.1. The molecule has 0 fully saturated rings. The minimum absolute atomic E-state index is 0.619. The summed E-state index contributed by atoms with van der Waals surface area (Å²) in [5.41, 5.74) is -5.66. The van der Waals surface area contributed by atoms with Crippen LogP contribution in [0, 0.1) is 0 Å². The molecule has 0 aliphatic rings. The van der Waals surface area contributed by atoms with Gasteiger partial charge >= 0.3 is 32.4 Å². The normalized spacial score (nSPS) is 14.9. The number of alkyl halides is 9. The van der Waals surface area contributed by atoms with E-state index in [2.05, 4.69) is 13.3 Å². The Morgan fingerprint density at radius 1 is 0.640 bits per heavy atom. The van der Waals surface area contributed by atoms with Crippen LogP contribution in [0.5, 0.6) is 0 Å². The Labute approximate surface area is 139 Å². The van der Waals surface area contributed by atoms with Crippen LogP contribution in [0.1, 0.15) is 33.6 Å². The van der Waals surface area contributed by atoms with Crippen LogP contribution in [0.2, 0.25) is 0 Å². The molecule has 3 nitrogen and oxygen atoms in total. The molecule has 0 rings (SSSR count). The molecule has 0 spiro atoms. The Kier molecular flexibility index (Phi) is 8.26. The average Bonchev–Trinajstić information content (AvgIpc) is 2.44. The highest BCUT2D eigenvalue weighted by Crippen LogP contribution is 2.52. The van der Waals surface area contributed by atoms with Crippen molar-refractivity contribution in [3.05, 3.63) is 0 Å². The van der Waals surface area contributed by atoms with Gasteiger partial charge in [-0.2, -0.15) is 39.5 Å². The summed E-state index contributed by atoms with van der Waals surface area (Å²) in [5, 5.41) is 0. The molecule has 0 saturated heterocycles. The molecule has 0 radical (unpaired) electrons. The van der Waals surface area contributed by atoms with Crippen molar-refractivity contribution < 1.29 is 52.8 Å². The van der Waals surface area contributed by atoms with Gasteiger partial charge in [-0.1, -0.05) is 0 Å². The molecule has 0 N–H and O–H groups in total. The van der Waals surface area contributed by atoms with Crippen molar-refractivity contribution in [1.82, 2.24) is 0 Å². The third-order valence-electron chi connectivity index (χ3n) is 2.96. The molecule has 0 heterocycles. The Hall–Kier alpha value is -0.533. The van der Waals surface area contributed by atoms with Gasteiger partial charge in [0.1, 0.15) is 0 Å². The maximum absolute atomic E-state index is 14.4. The first-order valence-corrected chi connectivity index (χ1v) is 8.98. The molecule has 0 aliphatic heterocycles. The number of hydrogen-bond donors (Lipinski definition) is 0. The van der Waals surface area contributed by atoms with Gasteiger partial charge in [0.2, 0.25) is 0 Å². The van der Waals surface area contributed by atoms with E-state index in [4.69, 9.17) is 0 Å². The Morgan fingerprint density at radius 3 is 1.28 bits per heavy atom. The maximum atomic E-state index is 14.4. The van der Waals surface area contributed by atoms with Crippen molar-refractivity contribution >= 4 is 8.80 Å². The monoisotopic (exact) mass is 410 g/mol. The molecule has 152 valence electrons. The molecule has 0 aromatic rings. The fourth-order valence-corrected chi connectivity index (χ4v) is 4.35. The van der Waals surface area contributed by atoms with E-state index >= 15 is 0 Å². The van der Waals surface area contributed by atoms with Gasteiger partial charge in [0.25, 0.3) is 0 Å². The van der Waals surface area contributed by atoms with E-state index in [1.54, 1.807) is 0 Å². The highest BCUT2D eigenvalue weighted by atomic mass is 28.4. The molecule has 0 aromatic heterocycles. The lowest BCUT2D eigenvalue weighted by Gasteiger charge is -2.40. The highest BCUT2D eigenvalue weighted by Gasteiger charge is 2.84. The van der Waals surface area contributed by atoms with E-state index in [1.807, 2.05) is 0 Å². The third kappa shape index (κ3) is 5.23. The van der Waals surface area contributed by atoms with Crippen LogP contribution in [0.15, 0.2) is 0 Å². The van der Waals surface area contributed by atoms with Crippen LogP contribution in [-0.4, -0.2) is 52.2 Å². The van der Waals surface area contributed by atoms with Crippen molar-refractivity contribution in [1.29, 1.82) is 0 Å². The van der Waals surface area contributed by atoms with Crippen LogP contribution in [0.4, 0.5) is 39.5 Å². The molecule has 0 saturated carbocycles. The van der Waals surface area contributed by atoms with Crippen LogP contribution in [-0.2, 0) is 13.3 Å². The Morgan fingerprint density at radius 2 is 1.00 bits per heavy atom. The summed E-state index contributed by atoms with van der Waals surface area (Å²) in [4.78, 5) is 0. The fourth-order valence-electron chi connectivity index (χ4n) is 1.84. The first kappa shape index (κ1) is 24.5. The van der Waals surface area contributed by atoms with Crippen LogP contribution >= 0.6 is 0 Å². The second-order valence-corrected chi connectivity index (χ2v) is 7.43. The number of hydrogen-bond acceptors (Lipinski definition) is 3. The zero-order chi connectivity index (χ0) is 20.2. The Balaban J connectivity index is 5.92. The summed E-state index contributed by atoms with van der Waals surface area (Å²) >= 11 is 0. The summed E-state index contributed by atoms with van der Waals surface area (Å²) in [6, 6.07) is 0. The van der Waals surface area contributed by atoms with Gasteiger partial charge in [-0.15, -0.1) is 0 Å². The smallest absolute Gasteiger partial charge is 0.370 e. The lowest BCUT2D eigenvalue weighted by molar-refractivity contribution is -0.304. The van der Waals surface area contributed by atoms with Crippen molar-refractivity contribution in [3.63, 3.8) is 0 Å². The van der Waals surface area contributed by atoms with Gasteiger partial charge in [-0.3, -0.25) is 0 Å². The van der Waals surface area contributed by atoms with Crippen molar-refractivity contribution in [2.75, 3.05) is 19.8 Å². The molecule has 0 atom stereocenters. The number of halogens is 9. The molecular formula is C12H19F9O3Si. The third-order valence-corrected chi connectivity index (χ3v) is 6.05. The van der Waals surface area contributed by atoms with E-state index in [0.717, 1.165) is 20.8 Å². The van der Waals surface area contributed by atoms with E-state index in [9.17, 15) is 39.5 Å². The van der Waals surface area contributed by atoms with E-state index in [0.29, 0.717) is 0 Å². The molecule has 0 amide bonds. The second-order valence-electron chi connectivity index (χ2n) is 4.82. The molecule has 13 heteroatoms. The van der Waals surface area contributed by atoms with Crippen molar-refractivity contribution in [2.24, 2.45) is 0 Å². The second kappa shape index (κ2) is 8.44. The Bertz CT molecular complexity index is 398. The van der Waals surface area contributed by atoms with Gasteiger partial charge in [0, 0.05) is 32.7 Å². The molecule has 0 aliphatic carbocycles. The van der Waals surface area contributed by atoms with Gasteiger partial charge in [-0.05, 0) is 20.8 Å². The predicted octanol–water partition coefficient (Wildman–Crippen LogP) is 4.82. The van der Waals surface area contributed by atoms with Crippen molar-refractivity contribution in [3.8, 4) is 0 Å². The maximum Gasteiger partial charge on any atom is 0.582 e. The summed E-state index contributed by atoms with van der Waals surface area (Å²) in [5.74, 6) is -11.9. The highest BCUT2D eigenvalue weighted by molar-refractivity contribution is 6.63. The van der Waals surface area contributed by atoms with Gasteiger partial charge in [-0.25, -0.2) is 0 Å².